The Labute approximate surface area is 203 Å². The summed E-state index contributed by atoms with van der Waals surface area (Å²) in [5.41, 5.74) is 9.70. The number of carbonyl (C=O) groups excluding carboxylic acids is 1. The van der Waals surface area contributed by atoms with E-state index in [4.69, 9.17) is 10.7 Å². The third-order valence-electron chi connectivity index (χ3n) is 8.59. The van der Waals surface area contributed by atoms with Gasteiger partial charge in [-0.2, -0.15) is 0 Å². The van der Waals surface area contributed by atoms with Crippen LogP contribution < -0.4 is 16.4 Å². The molecule has 2 aromatic heterocycles. The molecule has 0 unspecified atom stereocenters. The second-order valence-corrected chi connectivity index (χ2v) is 10.7. The van der Waals surface area contributed by atoms with E-state index in [0.717, 1.165) is 53.1 Å². The first-order valence-electron chi connectivity index (χ1n) is 12.7. The summed E-state index contributed by atoms with van der Waals surface area (Å²) >= 11 is 0. The molecular formula is C27H29N7O. The first-order chi connectivity index (χ1) is 17.1. The van der Waals surface area contributed by atoms with Gasteiger partial charge in [0, 0.05) is 17.6 Å². The highest BCUT2D eigenvalue weighted by Gasteiger charge is 2.47. The number of hydrogen-bond acceptors (Lipinski definition) is 6. The number of nitrogens with two attached hydrogens (primary N) is 1. The van der Waals surface area contributed by atoms with Crippen LogP contribution in [0, 0.1) is 29.6 Å². The van der Waals surface area contributed by atoms with Gasteiger partial charge in [-0.3, -0.25) is 4.79 Å². The fourth-order valence-electron chi connectivity index (χ4n) is 7.19. The van der Waals surface area contributed by atoms with E-state index >= 15 is 0 Å². The van der Waals surface area contributed by atoms with E-state index in [2.05, 4.69) is 25.8 Å². The molecule has 4 aliphatic carbocycles. The molecule has 0 saturated heterocycles. The Hall–Kier alpha value is -3.68. The predicted molar refractivity (Wildman–Crippen MR) is 137 cm³/mol. The van der Waals surface area contributed by atoms with E-state index in [1.165, 1.54) is 32.1 Å². The molecule has 2 heterocycles. The first kappa shape index (κ1) is 20.7. The normalized spacial score (nSPS) is 26.9. The summed E-state index contributed by atoms with van der Waals surface area (Å²) < 4.78 is 0. The van der Waals surface area contributed by atoms with E-state index < -0.39 is 0 Å². The molecule has 4 fully saturated rings. The van der Waals surface area contributed by atoms with E-state index in [9.17, 15) is 4.79 Å². The Bertz CT molecular complexity index is 1420. The van der Waals surface area contributed by atoms with Gasteiger partial charge >= 0.3 is 0 Å². The average Bonchev–Trinajstić information content (AvgIpc) is 3.26. The number of benzene rings is 2. The highest BCUT2D eigenvalue weighted by molar-refractivity contribution is 6.10. The summed E-state index contributed by atoms with van der Waals surface area (Å²) in [5, 5.41) is 15.4. The molecule has 35 heavy (non-hydrogen) atoms. The number of H-pyrrole nitrogens is 1. The number of nitrogen functional groups attached to an aromatic ring is 1. The molecule has 8 rings (SSSR count). The molecule has 5 N–H and O–H groups in total. The van der Waals surface area contributed by atoms with Crippen LogP contribution in [0.1, 0.15) is 42.6 Å². The van der Waals surface area contributed by atoms with Crippen LogP contribution in [0.5, 0.6) is 0 Å². The van der Waals surface area contributed by atoms with Crippen molar-refractivity contribution in [2.75, 3.05) is 22.9 Å². The molecule has 1 amide bonds. The number of carbonyl (C=O) groups is 1. The van der Waals surface area contributed by atoms with Crippen molar-refractivity contribution >= 4 is 45.2 Å². The second kappa shape index (κ2) is 7.93. The smallest absolute Gasteiger partial charge is 0.278 e. The van der Waals surface area contributed by atoms with E-state index in [1.807, 2.05) is 42.5 Å². The Balaban J connectivity index is 1.06. The fraction of sp³-hybridized carbons (Fsp3) is 0.407. The topological polar surface area (TPSA) is 122 Å². The maximum absolute atomic E-state index is 12.9. The number of nitrogens with one attached hydrogen (secondary N) is 3. The van der Waals surface area contributed by atoms with E-state index in [-0.39, 0.29) is 11.6 Å². The number of imidazole rings is 1. The Kier molecular flexibility index (Phi) is 4.69. The van der Waals surface area contributed by atoms with Crippen molar-refractivity contribution in [2.24, 2.45) is 29.6 Å². The Morgan fingerprint density at radius 3 is 2.54 bits per heavy atom. The quantitative estimate of drug-likeness (QED) is 0.334. The van der Waals surface area contributed by atoms with Crippen molar-refractivity contribution < 1.29 is 4.79 Å². The van der Waals surface area contributed by atoms with Gasteiger partial charge in [-0.05, 0) is 86.0 Å². The summed E-state index contributed by atoms with van der Waals surface area (Å²) in [5.74, 6) is 4.92. The van der Waals surface area contributed by atoms with E-state index in [0.29, 0.717) is 22.3 Å². The lowest BCUT2D eigenvalue weighted by atomic mass is 9.52. The summed E-state index contributed by atoms with van der Waals surface area (Å²) in [6.45, 7) is 0.984. The van der Waals surface area contributed by atoms with Gasteiger partial charge in [0.1, 0.15) is 0 Å². The van der Waals surface area contributed by atoms with E-state index in [1.54, 1.807) is 0 Å². The van der Waals surface area contributed by atoms with Crippen molar-refractivity contribution in [1.29, 1.82) is 0 Å². The third-order valence-corrected chi connectivity index (χ3v) is 8.59. The number of anilines is 3. The van der Waals surface area contributed by atoms with Gasteiger partial charge in [0.05, 0.1) is 22.2 Å². The Morgan fingerprint density at radius 1 is 0.971 bits per heavy atom. The van der Waals surface area contributed by atoms with Crippen molar-refractivity contribution in [3.63, 3.8) is 0 Å². The molecule has 8 heteroatoms. The van der Waals surface area contributed by atoms with Crippen molar-refractivity contribution in [3.8, 4) is 0 Å². The second-order valence-electron chi connectivity index (χ2n) is 10.7. The Morgan fingerprint density at radius 2 is 1.74 bits per heavy atom. The van der Waals surface area contributed by atoms with Crippen molar-refractivity contribution in [1.82, 2.24) is 20.2 Å². The molecule has 8 nitrogen and oxygen atoms in total. The minimum Gasteiger partial charge on any atom is -0.396 e. The summed E-state index contributed by atoms with van der Waals surface area (Å²) in [6, 6.07) is 13.0. The van der Waals surface area contributed by atoms with Crippen LogP contribution in [0.3, 0.4) is 0 Å². The molecule has 178 valence electrons. The van der Waals surface area contributed by atoms with Gasteiger partial charge in [-0.15, -0.1) is 10.2 Å². The molecule has 0 spiro atoms. The van der Waals surface area contributed by atoms with Gasteiger partial charge in [0.15, 0.2) is 5.69 Å². The SMILES string of the molecule is Nc1c(C(=O)Nc2ccc3nc(NCC4C5CC6CC(C5)CC4C6)[nH]c3c2)nnc2ccccc12. The summed E-state index contributed by atoms with van der Waals surface area (Å²) in [4.78, 5) is 21.0. The first-order valence-corrected chi connectivity index (χ1v) is 12.7. The molecule has 0 atom stereocenters. The molecule has 4 aromatic rings. The number of aromatic nitrogens is 4. The summed E-state index contributed by atoms with van der Waals surface area (Å²) in [6.07, 6.45) is 7.18. The lowest BCUT2D eigenvalue weighted by Crippen LogP contribution is -2.47. The maximum Gasteiger partial charge on any atom is 0.278 e. The van der Waals surface area contributed by atoms with Crippen LogP contribution >= 0.6 is 0 Å². The van der Waals surface area contributed by atoms with Gasteiger partial charge in [-0.25, -0.2) is 4.98 Å². The van der Waals surface area contributed by atoms with Gasteiger partial charge in [0.2, 0.25) is 5.95 Å². The average molecular weight is 468 g/mol. The molecule has 4 saturated carbocycles. The van der Waals surface area contributed by atoms with Crippen LogP contribution in [0.2, 0.25) is 0 Å². The standard InChI is InChI=1S/C27H29N7O/c28-24-19-3-1-2-4-21(19)33-34-25(24)26(35)30-18-5-6-22-23(12-18)32-27(31-22)29-13-20-16-8-14-7-15(10-16)11-17(20)9-14/h1-6,12,14-17,20H,7-11,13H2,(H2,28,33)(H,30,35)(H2,29,31,32). The zero-order valence-electron chi connectivity index (χ0n) is 19.5. The largest absolute Gasteiger partial charge is 0.396 e. The lowest BCUT2D eigenvalue weighted by molar-refractivity contribution is -0.0305. The summed E-state index contributed by atoms with van der Waals surface area (Å²) in [7, 11) is 0. The highest BCUT2D eigenvalue weighted by Crippen LogP contribution is 2.56. The fourth-order valence-corrected chi connectivity index (χ4v) is 7.19. The van der Waals surface area contributed by atoms with Crippen molar-refractivity contribution in [2.45, 2.75) is 32.1 Å². The van der Waals surface area contributed by atoms with Crippen LogP contribution in [-0.2, 0) is 0 Å². The molecule has 4 bridgehead atoms. The molecule has 2 aromatic carbocycles. The van der Waals surface area contributed by atoms with Crippen LogP contribution in [-0.4, -0.2) is 32.6 Å². The van der Waals surface area contributed by atoms with Crippen LogP contribution in [0.4, 0.5) is 17.3 Å². The number of amides is 1. The predicted octanol–water partition coefficient (Wildman–Crippen LogP) is 4.82. The minimum atomic E-state index is -0.389. The zero-order chi connectivity index (χ0) is 23.5. The molecule has 0 radical (unpaired) electrons. The molecule has 4 aliphatic rings. The number of rotatable bonds is 5. The van der Waals surface area contributed by atoms with Gasteiger partial charge in [-0.1, -0.05) is 18.2 Å². The highest BCUT2D eigenvalue weighted by atomic mass is 16.1. The number of hydrogen-bond donors (Lipinski definition) is 4. The number of fused-ring (bicyclic) bond motifs is 2. The molecule has 0 aliphatic heterocycles. The van der Waals surface area contributed by atoms with Crippen LogP contribution in [0.25, 0.3) is 21.9 Å². The third kappa shape index (κ3) is 3.59. The monoisotopic (exact) mass is 467 g/mol. The van der Waals surface area contributed by atoms with Gasteiger partial charge in [0.25, 0.3) is 5.91 Å². The maximum atomic E-state index is 12.9. The minimum absolute atomic E-state index is 0.117. The number of nitrogens with zero attached hydrogens (tertiary/aromatic N) is 3. The zero-order valence-corrected chi connectivity index (χ0v) is 19.5. The van der Waals surface area contributed by atoms with Crippen molar-refractivity contribution in [3.05, 3.63) is 48.2 Å². The molecular weight excluding hydrogens is 438 g/mol. The lowest BCUT2D eigenvalue weighted by Gasteiger charge is -2.54. The van der Waals surface area contributed by atoms with Crippen LogP contribution in [0.15, 0.2) is 42.5 Å². The number of aromatic amines is 1. The van der Waals surface area contributed by atoms with Gasteiger partial charge < -0.3 is 21.4 Å².